The summed E-state index contributed by atoms with van der Waals surface area (Å²) in [5.74, 6) is 1.43. The first-order valence-corrected chi connectivity index (χ1v) is 12.9. The highest BCUT2D eigenvalue weighted by Gasteiger charge is 2.65. The zero-order chi connectivity index (χ0) is 24.1. The summed E-state index contributed by atoms with van der Waals surface area (Å²) in [5.41, 5.74) is -0.0378. The first-order valence-electron chi connectivity index (χ1n) is 12.9. The largest absolute Gasteiger partial charge is 0.469 e. The normalized spacial score (nSPS) is 45.1. The van der Waals surface area contributed by atoms with Crippen molar-refractivity contribution in [2.45, 2.75) is 98.2 Å². The number of hydrogen-bond donors (Lipinski definition) is 0. The van der Waals surface area contributed by atoms with E-state index in [4.69, 9.17) is 14.2 Å². The molecule has 4 aliphatic carbocycles. The predicted molar refractivity (Wildman–Crippen MR) is 123 cm³/mol. The Morgan fingerprint density at radius 3 is 2.21 bits per heavy atom. The molecule has 10 atom stereocenters. The fourth-order valence-electron chi connectivity index (χ4n) is 9.08. The molecule has 0 unspecified atom stereocenters. The molecule has 6 heteroatoms. The minimum Gasteiger partial charge on any atom is -0.469 e. The molecular formula is C27H42O6. The number of methoxy groups -OCH3 is 1. The molecule has 4 saturated carbocycles. The van der Waals surface area contributed by atoms with Gasteiger partial charge in [0.2, 0.25) is 0 Å². The number of fused-ring (bicyclic) bond motifs is 5. The van der Waals surface area contributed by atoms with Gasteiger partial charge in [-0.15, -0.1) is 0 Å². The quantitative estimate of drug-likeness (QED) is 0.435. The maximum absolute atomic E-state index is 12.5. The summed E-state index contributed by atoms with van der Waals surface area (Å²) in [6.07, 6.45) is 8.03. The fourth-order valence-corrected chi connectivity index (χ4v) is 9.08. The van der Waals surface area contributed by atoms with Crippen LogP contribution in [0, 0.1) is 46.3 Å². The molecule has 0 radical (unpaired) electrons. The van der Waals surface area contributed by atoms with Crippen LogP contribution in [0.2, 0.25) is 0 Å². The van der Waals surface area contributed by atoms with Gasteiger partial charge in [0, 0.05) is 19.3 Å². The van der Waals surface area contributed by atoms with Crippen LogP contribution in [0.5, 0.6) is 0 Å². The van der Waals surface area contributed by atoms with Crippen molar-refractivity contribution in [3.8, 4) is 0 Å². The lowest BCUT2D eigenvalue weighted by Crippen LogP contribution is -2.60. The third-order valence-electron chi connectivity index (χ3n) is 10.6. The van der Waals surface area contributed by atoms with Crippen LogP contribution in [0.25, 0.3) is 0 Å². The lowest BCUT2D eigenvalue weighted by Gasteiger charge is -2.62. The van der Waals surface area contributed by atoms with E-state index in [1.165, 1.54) is 27.4 Å². The molecule has 33 heavy (non-hydrogen) atoms. The summed E-state index contributed by atoms with van der Waals surface area (Å²) in [6.45, 7) is 9.71. The number of carbonyl (C=O) groups excluding carboxylic acids is 3. The molecule has 0 aromatic rings. The Bertz CT molecular complexity index is 793. The molecule has 6 nitrogen and oxygen atoms in total. The van der Waals surface area contributed by atoms with Gasteiger partial charge < -0.3 is 14.2 Å². The average molecular weight is 463 g/mol. The van der Waals surface area contributed by atoms with Gasteiger partial charge in [-0.1, -0.05) is 20.8 Å². The zero-order valence-corrected chi connectivity index (χ0v) is 21.2. The monoisotopic (exact) mass is 462 g/mol. The lowest BCUT2D eigenvalue weighted by atomic mass is 9.43. The fraction of sp³-hybridized carbons (Fsp3) is 0.889. The van der Waals surface area contributed by atoms with Gasteiger partial charge in [-0.3, -0.25) is 14.4 Å². The van der Waals surface area contributed by atoms with Crippen molar-refractivity contribution in [2.75, 3.05) is 7.11 Å². The summed E-state index contributed by atoms with van der Waals surface area (Å²) in [7, 11) is 1.46. The molecule has 0 bridgehead atoms. The number of esters is 3. The average Bonchev–Trinajstić information content (AvgIpc) is 3.11. The van der Waals surface area contributed by atoms with Crippen molar-refractivity contribution < 1.29 is 28.6 Å². The SMILES string of the molecule is COC(=O)[C@H](C)[C@@H]1CC[C@@H]2[C@@H]3CC[C@@H]4C[C@H](OC(C)=O)CC[C@]4(C)[C@@H]3C[C@H](OC(C)=O)[C@]21C. The second kappa shape index (κ2) is 8.88. The van der Waals surface area contributed by atoms with E-state index in [9.17, 15) is 14.4 Å². The minimum absolute atomic E-state index is 0.0343. The molecule has 0 spiro atoms. The topological polar surface area (TPSA) is 78.9 Å². The van der Waals surface area contributed by atoms with Crippen LogP contribution in [0.1, 0.15) is 86.0 Å². The Kier molecular flexibility index (Phi) is 6.60. The van der Waals surface area contributed by atoms with E-state index in [2.05, 4.69) is 13.8 Å². The van der Waals surface area contributed by atoms with Gasteiger partial charge >= 0.3 is 17.9 Å². The number of ether oxygens (including phenoxy) is 3. The number of hydrogen-bond acceptors (Lipinski definition) is 6. The van der Waals surface area contributed by atoms with Crippen molar-refractivity contribution in [1.29, 1.82) is 0 Å². The summed E-state index contributed by atoms with van der Waals surface area (Å²) in [5, 5.41) is 0. The molecule has 4 rings (SSSR count). The summed E-state index contributed by atoms with van der Waals surface area (Å²) in [4.78, 5) is 36.3. The second-order valence-electron chi connectivity index (χ2n) is 11.9. The molecule has 186 valence electrons. The van der Waals surface area contributed by atoms with Gasteiger partial charge in [0.15, 0.2) is 0 Å². The number of rotatable bonds is 4. The van der Waals surface area contributed by atoms with E-state index in [1.807, 2.05) is 6.92 Å². The van der Waals surface area contributed by atoms with Crippen LogP contribution < -0.4 is 0 Å². The predicted octanol–water partition coefficient (Wildman–Crippen LogP) is 4.93. The van der Waals surface area contributed by atoms with Crippen molar-refractivity contribution in [3.05, 3.63) is 0 Å². The van der Waals surface area contributed by atoms with Crippen LogP contribution in [0.3, 0.4) is 0 Å². The molecule has 0 aromatic carbocycles. The van der Waals surface area contributed by atoms with Crippen molar-refractivity contribution >= 4 is 17.9 Å². The highest BCUT2D eigenvalue weighted by Crippen LogP contribution is 2.68. The third kappa shape index (κ3) is 3.99. The van der Waals surface area contributed by atoms with Crippen LogP contribution in [-0.2, 0) is 28.6 Å². The van der Waals surface area contributed by atoms with Gasteiger partial charge in [0.1, 0.15) is 12.2 Å². The number of carbonyl (C=O) groups is 3. The highest BCUT2D eigenvalue weighted by molar-refractivity contribution is 5.72. The molecule has 0 N–H and O–H groups in total. The standard InChI is InChI=1S/C27H42O6/c1-15(25(30)31-6)21-9-10-22-20-8-7-18-13-19(32-16(2)28)11-12-26(18,4)23(20)14-24(27(21,22)5)33-17(3)29/h15,18-24H,7-14H2,1-6H3/t15-,18-,19-,20+,21+,22-,23-,24+,26+,27+/m1/s1. The molecule has 4 fully saturated rings. The van der Waals surface area contributed by atoms with Crippen LogP contribution >= 0.6 is 0 Å². The van der Waals surface area contributed by atoms with Crippen LogP contribution in [0.15, 0.2) is 0 Å². The smallest absolute Gasteiger partial charge is 0.308 e. The maximum Gasteiger partial charge on any atom is 0.308 e. The summed E-state index contributed by atoms with van der Waals surface area (Å²) in [6, 6.07) is 0. The lowest BCUT2D eigenvalue weighted by molar-refractivity contribution is -0.198. The summed E-state index contributed by atoms with van der Waals surface area (Å²) < 4.78 is 16.8. The summed E-state index contributed by atoms with van der Waals surface area (Å²) >= 11 is 0. The van der Waals surface area contributed by atoms with E-state index in [0.717, 1.165) is 44.9 Å². The van der Waals surface area contributed by atoms with Gasteiger partial charge in [-0.25, -0.2) is 0 Å². The van der Waals surface area contributed by atoms with E-state index < -0.39 is 0 Å². The second-order valence-corrected chi connectivity index (χ2v) is 11.9. The first kappa shape index (κ1) is 24.5. The maximum atomic E-state index is 12.5. The Hall–Kier alpha value is -1.59. The van der Waals surface area contributed by atoms with Gasteiger partial charge in [-0.2, -0.15) is 0 Å². The molecule has 0 aliphatic heterocycles. The van der Waals surface area contributed by atoms with E-state index in [-0.39, 0.29) is 52.8 Å². The Labute approximate surface area is 198 Å². The van der Waals surface area contributed by atoms with Crippen LogP contribution in [-0.4, -0.2) is 37.2 Å². The Morgan fingerprint density at radius 2 is 1.58 bits per heavy atom. The van der Waals surface area contributed by atoms with Gasteiger partial charge in [0.05, 0.1) is 13.0 Å². The third-order valence-corrected chi connectivity index (χ3v) is 10.6. The van der Waals surface area contributed by atoms with E-state index >= 15 is 0 Å². The molecule has 0 amide bonds. The molecule has 0 heterocycles. The zero-order valence-electron chi connectivity index (χ0n) is 21.2. The Morgan fingerprint density at radius 1 is 0.879 bits per heavy atom. The van der Waals surface area contributed by atoms with E-state index in [1.54, 1.807) is 0 Å². The van der Waals surface area contributed by atoms with Gasteiger partial charge in [-0.05, 0) is 86.4 Å². The molecule has 0 saturated heterocycles. The first-order chi connectivity index (χ1) is 15.5. The minimum atomic E-state index is -0.231. The van der Waals surface area contributed by atoms with Crippen molar-refractivity contribution in [3.63, 3.8) is 0 Å². The van der Waals surface area contributed by atoms with Crippen LogP contribution in [0.4, 0.5) is 0 Å². The highest BCUT2D eigenvalue weighted by atomic mass is 16.5. The van der Waals surface area contributed by atoms with Crippen molar-refractivity contribution in [2.24, 2.45) is 46.3 Å². The molecule has 0 aromatic heterocycles. The van der Waals surface area contributed by atoms with Gasteiger partial charge in [0.25, 0.3) is 0 Å². The molecule has 4 aliphatic rings. The molecular weight excluding hydrogens is 420 g/mol. The van der Waals surface area contributed by atoms with E-state index in [0.29, 0.717) is 23.7 Å². The Balaban J connectivity index is 1.64. The van der Waals surface area contributed by atoms with Crippen molar-refractivity contribution in [1.82, 2.24) is 0 Å².